The average molecular weight is 513 g/mol. The number of fused-ring (bicyclic) bond motifs is 5. The van der Waals surface area contributed by atoms with Crippen LogP contribution < -0.4 is 0 Å². The fourth-order valence-electron chi connectivity index (χ4n) is 11.1. The Kier molecular flexibility index (Phi) is 6.72. The topological polar surface area (TPSA) is 40.5 Å². The molecule has 3 unspecified atom stereocenters. The number of halogens is 3. The van der Waals surface area contributed by atoms with Gasteiger partial charge in [-0.3, -0.25) is 0 Å². The summed E-state index contributed by atoms with van der Waals surface area (Å²) in [6, 6.07) is 0. The number of aliphatic hydroxyl groups is 2. The van der Waals surface area contributed by atoms with E-state index in [4.69, 9.17) is 0 Å². The minimum absolute atomic E-state index is 0.122. The van der Waals surface area contributed by atoms with E-state index in [1.165, 1.54) is 6.42 Å². The Labute approximate surface area is 217 Å². The summed E-state index contributed by atoms with van der Waals surface area (Å²) in [5.41, 5.74) is -3.19. The van der Waals surface area contributed by atoms with Gasteiger partial charge in [0, 0.05) is 5.92 Å². The van der Waals surface area contributed by atoms with Crippen molar-refractivity contribution in [2.75, 3.05) is 0 Å². The normalized spacial score (nSPS) is 51.8. The molecule has 0 bridgehead atoms. The molecule has 5 saturated carbocycles. The van der Waals surface area contributed by atoms with Gasteiger partial charge in [0.05, 0.1) is 5.60 Å². The van der Waals surface area contributed by atoms with Crippen LogP contribution in [-0.2, 0) is 0 Å². The predicted molar refractivity (Wildman–Crippen MR) is 137 cm³/mol. The van der Waals surface area contributed by atoms with E-state index in [9.17, 15) is 23.4 Å². The fourth-order valence-corrected chi connectivity index (χ4v) is 11.1. The molecule has 0 aliphatic heterocycles. The van der Waals surface area contributed by atoms with Crippen molar-refractivity contribution >= 4 is 0 Å². The zero-order valence-corrected chi connectivity index (χ0v) is 23.3. The first kappa shape index (κ1) is 27.3. The van der Waals surface area contributed by atoms with Crippen LogP contribution in [0.15, 0.2) is 0 Å². The van der Waals surface area contributed by atoms with E-state index in [0.29, 0.717) is 48.3 Å². The third kappa shape index (κ3) is 4.02. The summed E-state index contributed by atoms with van der Waals surface area (Å²) in [6.07, 6.45) is 6.91. The van der Waals surface area contributed by atoms with Crippen LogP contribution in [-0.4, -0.2) is 27.6 Å². The maximum Gasteiger partial charge on any atom is 0.417 e. The monoisotopic (exact) mass is 512 g/mol. The third-order valence-corrected chi connectivity index (χ3v) is 13.4. The van der Waals surface area contributed by atoms with Crippen molar-refractivity contribution < 1.29 is 23.4 Å². The molecule has 2 N–H and O–H groups in total. The highest BCUT2D eigenvalue weighted by molar-refractivity contribution is 5.18. The molecule has 0 aromatic heterocycles. The molecule has 9 atom stereocenters. The predicted octanol–water partition coefficient (Wildman–Crippen LogP) is 8.15. The highest BCUT2D eigenvalue weighted by atomic mass is 19.4. The molecule has 0 amide bonds. The highest BCUT2D eigenvalue weighted by Crippen LogP contribution is 2.73. The molecular weight excluding hydrogens is 461 g/mol. The molecule has 0 heterocycles. The van der Waals surface area contributed by atoms with Crippen LogP contribution in [0.1, 0.15) is 118 Å². The molecule has 2 nitrogen and oxygen atoms in total. The van der Waals surface area contributed by atoms with Crippen molar-refractivity contribution in [2.45, 2.75) is 135 Å². The smallest absolute Gasteiger partial charge is 0.390 e. The van der Waals surface area contributed by atoms with E-state index in [2.05, 4.69) is 34.6 Å². The summed E-state index contributed by atoms with van der Waals surface area (Å²) in [4.78, 5) is 0. The minimum atomic E-state index is -4.53. The molecule has 0 saturated heterocycles. The minimum Gasteiger partial charge on any atom is -0.390 e. The molecule has 5 rings (SSSR count). The number of alkyl halides is 3. The Morgan fingerprint density at radius 1 is 0.806 bits per heavy atom. The maximum absolute atomic E-state index is 14.0. The van der Waals surface area contributed by atoms with Crippen molar-refractivity contribution in [1.29, 1.82) is 0 Å². The maximum atomic E-state index is 14.0. The summed E-state index contributed by atoms with van der Waals surface area (Å²) in [5, 5.41) is 22.2. The standard InChI is InChI=1S/C31H51F3O2/c1-19(2)21-9-14-29(35,15-10-21)13-8-20(3)23-6-7-24-22-18-26-28(5,25(22)11-12-27(23,24)4)16-17-30(26,36)31(32,33)34/h19-26,35-36H,6-18H2,1-5H3/t20-,21?,22+,23?,24+,25?,26?,27-,28-,29?,30+/m1/s1. The number of hydrogen-bond acceptors (Lipinski definition) is 2. The van der Waals surface area contributed by atoms with Gasteiger partial charge in [-0.25, -0.2) is 0 Å². The molecule has 0 radical (unpaired) electrons. The van der Waals surface area contributed by atoms with Crippen LogP contribution in [0, 0.1) is 58.2 Å². The lowest BCUT2D eigenvalue weighted by molar-refractivity contribution is -0.276. The molecule has 5 aliphatic rings. The summed E-state index contributed by atoms with van der Waals surface area (Å²) in [7, 11) is 0. The molecule has 5 heteroatoms. The second-order valence-electron chi connectivity index (χ2n) is 15.1. The Morgan fingerprint density at radius 2 is 1.44 bits per heavy atom. The molecular formula is C31H51F3O2. The SMILES string of the molecule is CC(C)C1CCC(O)(CC[C@@H](C)C2CC[C@H]3[C@@H]4CC5[C@](C)(CC[C@@]5(O)C(F)(F)F)C4CC[C@]23C)CC1. The lowest BCUT2D eigenvalue weighted by atomic mass is 9.54. The second kappa shape index (κ2) is 8.86. The molecule has 5 aliphatic carbocycles. The molecule has 5 fully saturated rings. The van der Waals surface area contributed by atoms with Crippen molar-refractivity contribution in [2.24, 2.45) is 58.2 Å². The molecule has 0 aromatic rings. The molecule has 0 spiro atoms. The Hall–Kier alpha value is -0.290. The number of hydrogen-bond donors (Lipinski definition) is 2. The Morgan fingerprint density at radius 3 is 2.06 bits per heavy atom. The van der Waals surface area contributed by atoms with Gasteiger partial charge in [-0.1, -0.05) is 34.6 Å². The fraction of sp³-hybridized carbons (Fsp3) is 1.00. The molecule has 0 aromatic carbocycles. The van der Waals surface area contributed by atoms with Gasteiger partial charge in [0.15, 0.2) is 5.60 Å². The van der Waals surface area contributed by atoms with E-state index in [-0.39, 0.29) is 17.3 Å². The first-order valence-electron chi connectivity index (χ1n) is 15.2. The van der Waals surface area contributed by atoms with Crippen molar-refractivity contribution in [3.63, 3.8) is 0 Å². The zero-order chi connectivity index (χ0) is 26.3. The summed E-state index contributed by atoms with van der Waals surface area (Å²) in [6.45, 7) is 11.5. The lowest BCUT2D eigenvalue weighted by Gasteiger charge is -2.51. The first-order valence-corrected chi connectivity index (χ1v) is 15.2. The van der Waals surface area contributed by atoms with Gasteiger partial charge in [-0.2, -0.15) is 13.2 Å². The van der Waals surface area contributed by atoms with Crippen LogP contribution in [0.5, 0.6) is 0 Å². The van der Waals surface area contributed by atoms with Crippen LogP contribution in [0.25, 0.3) is 0 Å². The van der Waals surface area contributed by atoms with Gasteiger partial charge in [-0.05, 0) is 136 Å². The Balaban J connectivity index is 1.25. The summed E-state index contributed by atoms with van der Waals surface area (Å²) >= 11 is 0. The van der Waals surface area contributed by atoms with Crippen LogP contribution in [0.4, 0.5) is 13.2 Å². The first-order chi connectivity index (χ1) is 16.6. The van der Waals surface area contributed by atoms with Gasteiger partial charge in [0.2, 0.25) is 0 Å². The van der Waals surface area contributed by atoms with E-state index >= 15 is 0 Å². The second-order valence-corrected chi connectivity index (χ2v) is 15.1. The molecule has 36 heavy (non-hydrogen) atoms. The average Bonchev–Trinajstić information content (AvgIpc) is 3.39. The van der Waals surface area contributed by atoms with E-state index in [0.717, 1.165) is 63.7 Å². The largest absolute Gasteiger partial charge is 0.417 e. The van der Waals surface area contributed by atoms with Crippen molar-refractivity contribution in [3.05, 3.63) is 0 Å². The van der Waals surface area contributed by atoms with Gasteiger partial charge in [0.1, 0.15) is 0 Å². The highest BCUT2D eigenvalue weighted by Gasteiger charge is 2.73. The van der Waals surface area contributed by atoms with E-state index in [1.807, 2.05) is 0 Å². The zero-order valence-electron chi connectivity index (χ0n) is 23.3. The van der Waals surface area contributed by atoms with Gasteiger partial charge in [0.25, 0.3) is 0 Å². The summed E-state index contributed by atoms with van der Waals surface area (Å²) < 4.78 is 42.0. The van der Waals surface area contributed by atoms with Gasteiger partial charge >= 0.3 is 6.18 Å². The Bertz CT molecular complexity index is 817. The summed E-state index contributed by atoms with van der Waals surface area (Å²) in [5.74, 6) is 3.05. The van der Waals surface area contributed by atoms with Crippen LogP contribution >= 0.6 is 0 Å². The van der Waals surface area contributed by atoms with Crippen molar-refractivity contribution in [1.82, 2.24) is 0 Å². The third-order valence-electron chi connectivity index (χ3n) is 13.4. The quantitative estimate of drug-likeness (QED) is 0.390. The lowest BCUT2D eigenvalue weighted by Crippen LogP contribution is -2.50. The number of rotatable bonds is 5. The van der Waals surface area contributed by atoms with E-state index < -0.39 is 23.3 Å². The molecule has 208 valence electrons. The van der Waals surface area contributed by atoms with E-state index in [1.54, 1.807) is 0 Å². The van der Waals surface area contributed by atoms with Crippen molar-refractivity contribution in [3.8, 4) is 0 Å². The van der Waals surface area contributed by atoms with Crippen LogP contribution in [0.2, 0.25) is 0 Å². The van der Waals surface area contributed by atoms with Gasteiger partial charge < -0.3 is 10.2 Å². The van der Waals surface area contributed by atoms with Gasteiger partial charge in [-0.15, -0.1) is 0 Å². The van der Waals surface area contributed by atoms with Crippen LogP contribution in [0.3, 0.4) is 0 Å².